The lowest BCUT2D eigenvalue weighted by atomic mass is 10.1. The minimum Gasteiger partial charge on any atom is -0.493 e. The Balaban J connectivity index is 0.00000220. The highest BCUT2D eigenvalue weighted by atomic mass is 35.5. The molecule has 0 unspecified atom stereocenters. The maximum Gasteiger partial charge on any atom is 0.226 e. The second kappa shape index (κ2) is 8.90. The van der Waals surface area contributed by atoms with Gasteiger partial charge in [0.2, 0.25) is 5.91 Å². The van der Waals surface area contributed by atoms with Crippen LogP contribution in [-0.4, -0.2) is 43.6 Å². The average Bonchev–Trinajstić information content (AvgIpc) is 2.72. The predicted molar refractivity (Wildman–Crippen MR) is 87.3 cm³/mol. The van der Waals surface area contributed by atoms with Gasteiger partial charge >= 0.3 is 0 Å². The van der Waals surface area contributed by atoms with Crippen molar-refractivity contribution >= 4 is 18.3 Å². The van der Waals surface area contributed by atoms with Crippen molar-refractivity contribution in [2.75, 3.05) is 32.8 Å². The topological polar surface area (TPSA) is 41.6 Å². The van der Waals surface area contributed by atoms with E-state index in [-0.39, 0.29) is 18.3 Å². The van der Waals surface area contributed by atoms with Crippen LogP contribution < -0.4 is 10.1 Å². The third-order valence-electron chi connectivity index (χ3n) is 3.82. The van der Waals surface area contributed by atoms with Crippen LogP contribution in [0.3, 0.4) is 0 Å². The molecule has 0 bridgehead atoms. The van der Waals surface area contributed by atoms with Crippen molar-refractivity contribution in [1.29, 1.82) is 0 Å². The number of nitrogens with zero attached hydrogens (tertiary/aromatic N) is 1. The fourth-order valence-electron chi connectivity index (χ4n) is 2.38. The lowest BCUT2D eigenvalue weighted by Gasteiger charge is -2.20. The largest absolute Gasteiger partial charge is 0.493 e. The van der Waals surface area contributed by atoms with Gasteiger partial charge in [-0.05, 0) is 44.0 Å². The summed E-state index contributed by atoms with van der Waals surface area (Å²) in [7, 11) is 0. The molecule has 1 aromatic rings. The van der Waals surface area contributed by atoms with Crippen molar-refractivity contribution in [3.8, 4) is 5.75 Å². The van der Waals surface area contributed by atoms with E-state index < -0.39 is 0 Å². The van der Waals surface area contributed by atoms with Crippen molar-refractivity contribution in [2.45, 2.75) is 26.7 Å². The Morgan fingerprint density at radius 3 is 2.90 bits per heavy atom. The number of amides is 1. The molecule has 1 fully saturated rings. The van der Waals surface area contributed by atoms with Gasteiger partial charge in [0, 0.05) is 19.6 Å². The van der Waals surface area contributed by atoms with Crippen LogP contribution in [0.2, 0.25) is 0 Å². The fourth-order valence-corrected chi connectivity index (χ4v) is 2.38. The number of aryl methyl sites for hydroxylation is 1. The summed E-state index contributed by atoms with van der Waals surface area (Å²) in [5.74, 6) is 1.08. The summed E-state index contributed by atoms with van der Waals surface area (Å²) in [6, 6.07) is 6.01. The molecule has 2 rings (SSSR count). The molecule has 118 valence electrons. The van der Waals surface area contributed by atoms with Crippen LogP contribution in [0.1, 0.15) is 24.0 Å². The van der Waals surface area contributed by atoms with Crippen LogP contribution in [0.4, 0.5) is 0 Å². The van der Waals surface area contributed by atoms with Gasteiger partial charge in [0.1, 0.15) is 5.75 Å². The lowest BCUT2D eigenvalue weighted by molar-refractivity contribution is -0.131. The van der Waals surface area contributed by atoms with E-state index in [9.17, 15) is 4.79 Å². The number of carbonyl (C=O) groups excluding carboxylic acids is 1. The zero-order valence-electron chi connectivity index (χ0n) is 12.9. The van der Waals surface area contributed by atoms with Crippen molar-refractivity contribution in [2.24, 2.45) is 0 Å². The first-order chi connectivity index (χ1) is 9.68. The monoisotopic (exact) mass is 312 g/mol. The number of halogens is 1. The highest BCUT2D eigenvalue weighted by molar-refractivity contribution is 5.85. The zero-order valence-corrected chi connectivity index (χ0v) is 13.7. The molecule has 0 atom stereocenters. The SMILES string of the molecule is Cc1cccc(OCCC(=O)N2CCCNCC2)c1C.Cl. The summed E-state index contributed by atoms with van der Waals surface area (Å²) in [6.45, 7) is 8.13. The summed E-state index contributed by atoms with van der Waals surface area (Å²) >= 11 is 0. The lowest BCUT2D eigenvalue weighted by Crippen LogP contribution is -2.34. The summed E-state index contributed by atoms with van der Waals surface area (Å²) in [5, 5.41) is 3.30. The summed E-state index contributed by atoms with van der Waals surface area (Å²) in [4.78, 5) is 14.0. The van der Waals surface area contributed by atoms with Crippen LogP contribution in [0.25, 0.3) is 0 Å². The first kappa shape index (κ1) is 17.8. The van der Waals surface area contributed by atoms with Crippen molar-refractivity contribution < 1.29 is 9.53 Å². The van der Waals surface area contributed by atoms with Crippen molar-refractivity contribution in [3.05, 3.63) is 29.3 Å². The molecule has 0 spiro atoms. The van der Waals surface area contributed by atoms with E-state index in [1.807, 2.05) is 24.0 Å². The van der Waals surface area contributed by atoms with Gasteiger partial charge in [-0.25, -0.2) is 0 Å². The quantitative estimate of drug-likeness (QED) is 0.927. The molecule has 1 heterocycles. The van der Waals surface area contributed by atoms with Crippen LogP contribution in [0.5, 0.6) is 5.75 Å². The minimum atomic E-state index is 0. The maximum absolute atomic E-state index is 12.1. The summed E-state index contributed by atoms with van der Waals surface area (Å²) < 4.78 is 5.75. The molecular formula is C16H25ClN2O2. The van der Waals surface area contributed by atoms with E-state index in [4.69, 9.17) is 4.74 Å². The summed E-state index contributed by atoms with van der Waals surface area (Å²) in [5.41, 5.74) is 2.37. The van der Waals surface area contributed by atoms with Gasteiger partial charge in [-0.3, -0.25) is 4.79 Å². The molecule has 1 amide bonds. The molecule has 21 heavy (non-hydrogen) atoms. The number of benzene rings is 1. The first-order valence-corrected chi connectivity index (χ1v) is 7.36. The number of carbonyl (C=O) groups is 1. The third kappa shape index (κ3) is 5.21. The van der Waals surface area contributed by atoms with Crippen LogP contribution >= 0.6 is 12.4 Å². The van der Waals surface area contributed by atoms with Gasteiger partial charge in [-0.15, -0.1) is 12.4 Å². The fraction of sp³-hybridized carbons (Fsp3) is 0.562. The normalized spacial score (nSPS) is 15.0. The maximum atomic E-state index is 12.1. The molecule has 4 nitrogen and oxygen atoms in total. The standard InChI is InChI=1S/C16H24N2O2.ClH/c1-13-5-3-6-15(14(13)2)20-12-7-16(19)18-10-4-8-17-9-11-18;/h3,5-6,17H,4,7-12H2,1-2H3;1H. The molecule has 1 aliphatic heterocycles. The molecule has 0 aliphatic carbocycles. The number of hydrogen-bond donors (Lipinski definition) is 1. The van der Waals surface area contributed by atoms with Crippen LogP contribution in [0, 0.1) is 13.8 Å². The predicted octanol–water partition coefficient (Wildman–Crippen LogP) is 2.32. The van der Waals surface area contributed by atoms with Crippen LogP contribution in [-0.2, 0) is 4.79 Å². The summed E-state index contributed by atoms with van der Waals surface area (Å²) in [6.07, 6.45) is 1.48. The molecule has 1 aromatic carbocycles. The molecule has 5 heteroatoms. The van der Waals surface area contributed by atoms with Gasteiger partial charge in [0.15, 0.2) is 0 Å². The number of ether oxygens (including phenoxy) is 1. The van der Waals surface area contributed by atoms with Gasteiger partial charge in [0.05, 0.1) is 13.0 Å². The zero-order chi connectivity index (χ0) is 14.4. The van der Waals surface area contributed by atoms with E-state index in [0.29, 0.717) is 13.0 Å². The molecule has 0 radical (unpaired) electrons. The van der Waals surface area contributed by atoms with E-state index in [2.05, 4.69) is 18.3 Å². The highest BCUT2D eigenvalue weighted by Crippen LogP contribution is 2.20. The van der Waals surface area contributed by atoms with E-state index in [1.165, 1.54) is 5.56 Å². The Morgan fingerprint density at radius 1 is 1.29 bits per heavy atom. The number of hydrogen-bond acceptors (Lipinski definition) is 3. The molecular weight excluding hydrogens is 288 g/mol. The van der Waals surface area contributed by atoms with E-state index in [1.54, 1.807) is 0 Å². The van der Waals surface area contributed by atoms with Crippen molar-refractivity contribution in [3.63, 3.8) is 0 Å². The second-order valence-electron chi connectivity index (χ2n) is 5.28. The Kier molecular flexibility index (Phi) is 7.54. The van der Waals surface area contributed by atoms with E-state index in [0.717, 1.165) is 43.9 Å². The van der Waals surface area contributed by atoms with Gasteiger partial charge in [-0.1, -0.05) is 12.1 Å². The van der Waals surface area contributed by atoms with Crippen LogP contribution in [0.15, 0.2) is 18.2 Å². The highest BCUT2D eigenvalue weighted by Gasteiger charge is 2.15. The van der Waals surface area contributed by atoms with Crippen molar-refractivity contribution in [1.82, 2.24) is 10.2 Å². The smallest absolute Gasteiger partial charge is 0.226 e. The van der Waals surface area contributed by atoms with E-state index >= 15 is 0 Å². The Labute approximate surface area is 133 Å². The Morgan fingerprint density at radius 2 is 2.10 bits per heavy atom. The minimum absolute atomic E-state index is 0. The first-order valence-electron chi connectivity index (χ1n) is 7.36. The van der Waals surface area contributed by atoms with Gasteiger partial charge < -0.3 is 15.0 Å². The molecule has 1 aliphatic rings. The average molecular weight is 313 g/mol. The van der Waals surface area contributed by atoms with Gasteiger partial charge in [-0.2, -0.15) is 0 Å². The molecule has 0 saturated carbocycles. The molecule has 0 aromatic heterocycles. The number of rotatable bonds is 4. The Hall–Kier alpha value is -1.26. The third-order valence-corrected chi connectivity index (χ3v) is 3.82. The molecule has 1 saturated heterocycles. The molecule has 1 N–H and O–H groups in total. The Bertz CT molecular complexity index is 458. The second-order valence-corrected chi connectivity index (χ2v) is 5.28. The van der Waals surface area contributed by atoms with Gasteiger partial charge in [0.25, 0.3) is 0 Å². The number of nitrogens with one attached hydrogen (secondary N) is 1.